The van der Waals surface area contributed by atoms with E-state index >= 15 is 0 Å². The van der Waals surface area contributed by atoms with Crippen molar-refractivity contribution in [1.82, 2.24) is 26.2 Å². The highest BCUT2D eigenvalue weighted by Crippen LogP contribution is 2.65. The van der Waals surface area contributed by atoms with Gasteiger partial charge >= 0.3 is 12.0 Å². The molecular formula is C35H57N5O7. The van der Waals surface area contributed by atoms with E-state index < -0.39 is 58.9 Å². The molecule has 1 heterocycles. The van der Waals surface area contributed by atoms with Crippen molar-refractivity contribution in [1.29, 1.82) is 0 Å². The van der Waals surface area contributed by atoms with Gasteiger partial charge < -0.3 is 30.9 Å². The van der Waals surface area contributed by atoms with Gasteiger partial charge in [0.05, 0.1) is 12.5 Å². The van der Waals surface area contributed by atoms with Gasteiger partial charge in [0.25, 0.3) is 5.91 Å². The lowest BCUT2D eigenvalue weighted by Crippen LogP contribution is -2.61. The van der Waals surface area contributed by atoms with Crippen LogP contribution in [0.3, 0.4) is 0 Å². The van der Waals surface area contributed by atoms with Crippen molar-refractivity contribution in [2.75, 3.05) is 13.1 Å². The third kappa shape index (κ3) is 10.3. The molecule has 0 aromatic rings. The molecule has 3 fully saturated rings. The summed E-state index contributed by atoms with van der Waals surface area (Å²) in [5.41, 5.74) is -1.36. The summed E-state index contributed by atoms with van der Waals surface area (Å²) in [6.07, 6.45) is 6.61. The number of amides is 5. The summed E-state index contributed by atoms with van der Waals surface area (Å²) in [6.45, 7) is 18.9. The fourth-order valence-electron chi connectivity index (χ4n) is 7.08. The minimum absolute atomic E-state index is 0.0538. The molecule has 2 saturated carbocycles. The number of ether oxygens (including phenoxy) is 1. The number of piperidine rings is 1. The smallest absolute Gasteiger partial charge is 0.315 e. The van der Waals surface area contributed by atoms with Gasteiger partial charge in [-0.25, -0.2) is 4.79 Å². The van der Waals surface area contributed by atoms with Crippen molar-refractivity contribution < 1.29 is 33.5 Å². The van der Waals surface area contributed by atoms with Crippen LogP contribution in [0.4, 0.5) is 4.79 Å². The SMILES string of the molecule is C=CCCC(NC(=O)[C@@H]1[C@@H]2[C@H](CN1C(=O)[C@@H](NC(=O)NC(C)(C)C)C1CCCCC1)C2(C)C)C(=O)C(=O)NCCC(=O)OC(C)(C)C. The molecule has 0 bridgehead atoms. The Balaban J connectivity index is 1.77. The average molecular weight is 660 g/mol. The first kappa shape index (κ1) is 38.0. The summed E-state index contributed by atoms with van der Waals surface area (Å²) in [5.74, 6) is -3.14. The first-order chi connectivity index (χ1) is 21.8. The molecule has 3 aliphatic rings. The second-order valence-electron chi connectivity index (χ2n) is 16.0. The van der Waals surface area contributed by atoms with Gasteiger partial charge in [-0.3, -0.25) is 24.0 Å². The van der Waals surface area contributed by atoms with E-state index in [4.69, 9.17) is 4.74 Å². The molecular weight excluding hydrogens is 602 g/mol. The third-order valence-corrected chi connectivity index (χ3v) is 9.47. The molecule has 2 aliphatic carbocycles. The third-order valence-electron chi connectivity index (χ3n) is 9.47. The van der Waals surface area contributed by atoms with Gasteiger partial charge in [0.1, 0.15) is 17.7 Å². The van der Waals surface area contributed by atoms with Gasteiger partial charge in [-0.15, -0.1) is 6.58 Å². The molecule has 264 valence electrons. The van der Waals surface area contributed by atoms with Crippen molar-refractivity contribution in [3.05, 3.63) is 12.7 Å². The lowest BCUT2D eigenvalue weighted by atomic mass is 9.83. The summed E-state index contributed by atoms with van der Waals surface area (Å²) in [6, 6.07) is -3.22. The number of nitrogens with zero attached hydrogens (tertiary/aromatic N) is 1. The number of carbonyl (C=O) groups excluding carboxylic acids is 6. The number of hydrogen-bond acceptors (Lipinski definition) is 7. The Bertz CT molecular complexity index is 1210. The number of carbonyl (C=O) groups is 6. The highest BCUT2D eigenvalue weighted by Gasteiger charge is 2.69. The quantitative estimate of drug-likeness (QED) is 0.134. The zero-order valence-electron chi connectivity index (χ0n) is 29.6. The van der Waals surface area contributed by atoms with Crippen LogP contribution in [0.15, 0.2) is 12.7 Å². The van der Waals surface area contributed by atoms with E-state index in [0.717, 1.165) is 32.1 Å². The largest absolute Gasteiger partial charge is 0.460 e. The molecule has 0 spiro atoms. The van der Waals surface area contributed by atoms with E-state index in [1.807, 2.05) is 20.8 Å². The zero-order valence-corrected chi connectivity index (χ0v) is 29.6. The molecule has 1 aliphatic heterocycles. The van der Waals surface area contributed by atoms with Crippen LogP contribution in [0.1, 0.15) is 107 Å². The molecule has 1 unspecified atom stereocenters. The number of urea groups is 1. The summed E-state index contributed by atoms with van der Waals surface area (Å²) in [7, 11) is 0. The first-order valence-corrected chi connectivity index (χ1v) is 17.1. The lowest BCUT2D eigenvalue weighted by molar-refractivity contribution is -0.154. The van der Waals surface area contributed by atoms with Gasteiger partial charge in [-0.2, -0.15) is 0 Å². The van der Waals surface area contributed by atoms with Crippen molar-refractivity contribution in [2.45, 2.75) is 136 Å². The van der Waals surface area contributed by atoms with Gasteiger partial charge in [-0.1, -0.05) is 39.2 Å². The molecule has 5 amide bonds. The second-order valence-corrected chi connectivity index (χ2v) is 16.0. The Labute approximate surface area is 279 Å². The number of Topliss-reactive ketones (excluding diaryl/α,β-unsaturated/α-hetero) is 1. The van der Waals surface area contributed by atoms with E-state index in [1.165, 1.54) is 0 Å². The lowest BCUT2D eigenvalue weighted by Gasteiger charge is -2.37. The zero-order chi connectivity index (χ0) is 35.3. The first-order valence-electron chi connectivity index (χ1n) is 17.1. The molecule has 0 aromatic carbocycles. The van der Waals surface area contributed by atoms with Crippen molar-refractivity contribution in [3.63, 3.8) is 0 Å². The summed E-state index contributed by atoms with van der Waals surface area (Å²) in [5, 5.41) is 11.1. The van der Waals surface area contributed by atoms with Crippen LogP contribution < -0.4 is 21.3 Å². The summed E-state index contributed by atoms with van der Waals surface area (Å²) in [4.78, 5) is 81.1. The Morgan fingerprint density at radius 1 is 0.979 bits per heavy atom. The van der Waals surface area contributed by atoms with Crippen LogP contribution in [0.25, 0.3) is 0 Å². The summed E-state index contributed by atoms with van der Waals surface area (Å²) < 4.78 is 5.25. The molecule has 12 heteroatoms. The Morgan fingerprint density at radius 2 is 1.62 bits per heavy atom. The maximum absolute atomic E-state index is 14.3. The van der Waals surface area contributed by atoms with Crippen molar-refractivity contribution in [2.24, 2.45) is 23.2 Å². The normalized spacial score (nSPS) is 23.4. The highest BCUT2D eigenvalue weighted by molar-refractivity contribution is 6.38. The van der Waals surface area contributed by atoms with E-state index in [9.17, 15) is 28.8 Å². The standard InChI is InChI=1S/C35H57N5O7/c1-10-11-17-23(28(42)30(44)36-19-18-24(41)47-34(5,6)7)37-29(43)27-25-22(35(25,8)9)20-40(27)31(45)26(21-15-13-12-14-16-21)38-32(46)39-33(2,3)4/h10,21-23,25-27H,1,11-20H2,2-9H3,(H,36,44)(H,37,43)(H2,38,39,46)/t22-,23?,25-,26-,27-/m0/s1. The predicted octanol–water partition coefficient (Wildman–Crippen LogP) is 3.38. The predicted molar refractivity (Wildman–Crippen MR) is 178 cm³/mol. The molecule has 12 nitrogen and oxygen atoms in total. The van der Waals surface area contributed by atoms with Crippen LogP contribution in [0.2, 0.25) is 0 Å². The molecule has 3 rings (SSSR count). The Hall–Kier alpha value is -3.44. The van der Waals surface area contributed by atoms with E-state index in [2.05, 4.69) is 41.7 Å². The number of likely N-dealkylation sites (tertiary alicyclic amines) is 1. The van der Waals surface area contributed by atoms with Crippen LogP contribution in [-0.4, -0.2) is 82.8 Å². The minimum Gasteiger partial charge on any atom is -0.460 e. The monoisotopic (exact) mass is 659 g/mol. The van der Waals surface area contributed by atoms with E-state index in [1.54, 1.807) is 31.7 Å². The molecule has 47 heavy (non-hydrogen) atoms. The number of hydrogen-bond donors (Lipinski definition) is 4. The maximum Gasteiger partial charge on any atom is 0.315 e. The molecule has 4 N–H and O–H groups in total. The number of rotatable bonds is 13. The van der Waals surface area contributed by atoms with Gasteiger partial charge in [0.2, 0.25) is 17.6 Å². The topological polar surface area (TPSA) is 163 Å². The molecule has 0 aromatic heterocycles. The number of nitrogens with one attached hydrogen (secondary N) is 4. The van der Waals surface area contributed by atoms with Crippen LogP contribution in [0, 0.1) is 23.2 Å². The van der Waals surface area contributed by atoms with Crippen molar-refractivity contribution in [3.8, 4) is 0 Å². The fraction of sp³-hybridized carbons (Fsp3) is 0.771. The fourth-order valence-corrected chi connectivity index (χ4v) is 7.08. The van der Waals surface area contributed by atoms with Crippen LogP contribution in [-0.2, 0) is 28.7 Å². The van der Waals surface area contributed by atoms with E-state index in [-0.39, 0.29) is 48.5 Å². The second kappa shape index (κ2) is 15.2. The average Bonchev–Trinajstić information content (AvgIpc) is 3.26. The van der Waals surface area contributed by atoms with Crippen LogP contribution in [0.5, 0.6) is 0 Å². The summed E-state index contributed by atoms with van der Waals surface area (Å²) >= 11 is 0. The number of ketones is 1. The van der Waals surface area contributed by atoms with Crippen LogP contribution >= 0.6 is 0 Å². The van der Waals surface area contributed by atoms with Gasteiger partial charge in [0.15, 0.2) is 0 Å². The number of allylic oxidation sites excluding steroid dienone is 1. The molecule has 0 radical (unpaired) electrons. The molecule has 5 atom stereocenters. The van der Waals surface area contributed by atoms with Gasteiger partial charge in [0, 0.05) is 18.6 Å². The number of esters is 1. The Kier molecular flexibility index (Phi) is 12.3. The highest BCUT2D eigenvalue weighted by atomic mass is 16.6. The maximum atomic E-state index is 14.3. The van der Waals surface area contributed by atoms with Crippen molar-refractivity contribution >= 4 is 35.5 Å². The van der Waals surface area contributed by atoms with E-state index in [0.29, 0.717) is 13.0 Å². The van der Waals surface area contributed by atoms with Gasteiger partial charge in [-0.05, 0) is 90.4 Å². The molecule has 1 saturated heterocycles. The minimum atomic E-state index is -1.15. The number of fused-ring (bicyclic) bond motifs is 1. The Morgan fingerprint density at radius 3 is 2.19 bits per heavy atom.